The Hall–Kier alpha value is -2.80. The molecule has 2 aromatic rings. The Morgan fingerprint density at radius 2 is 1.83 bits per heavy atom. The van der Waals surface area contributed by atoms with E-state index in [2.05, 4.69) is 28.8 Å². The average Bonchev–Trinajstić information content (AvgIpc) is 2.56. The maximum atomic E-state index is 12.0. The highest BCUT2D eigenvalue weighted by Crippen LogP contribution is 2.13. The van der Waals surface area contributed by atoms with Crippen LogP contribution < -0.4 is 10.6 Å². The number of carbonyl (C=O) groups is 1. The van der Waals surface area contributed by atoms with Gasteiger partial charge in [0, 0.05) is 6.04 Å². The summed E-state index contributed by atoms with van der Waals surface area (Å²) < 4.78 is 0. The smallest absolute Gasteiger partial charge is 0.319 e. The summed E-state index contributed by atoms with van der Waals surface area (Å²) in [5.74, 6) is 0. The molecule has 0 radical (unpaired) electrons. The second-order valence-electron chi connectivity index (χ2n) is 5.53. The van der Waals surface area contributed by atoms with Crippen molar-refractivity contribution in [2.75, 3.05) is 5.32 Å². The molecule has 2 rings (SSSR count). The predicted molar refractivity (Wildman–Crippen MR) is 92.2 cm³/mol. The van der Waals surface area contributed by atoms with Gasteiger partial charge in [-0.05, 0) is 43.9 Å². The van der Waals surface area contributed by atoms with Crippen LogP contribution in [0.4, 0.5) is 10.5 Å². The number of benzene rings is 2. The van der Waals surface area contributed by atoms with Crippen molar-refractivity contribution < 1.29 is 4.79 Å². The zero-order valence-electron chi connectivity index (χ0n) is 13.3. The Morgan fingerprint density at radius 1 is 1.13 bits per heavy atom. The van der Waals surface area contributed by atoms with Gasteiger partial charge in [0.25, 0.3) is 0 Å². The number of nitriles is 1. The fourth-order valence-electron chi connectivity index (χ4n) is 2.40. The number of urea groups is 1. The Labute approximate surface area is 137 Å². The van der Waals surface area contributed by atoms with Crippen LogP contribution in [0.1, 0.15) is 30.9 Å². The molecule has 0 aliphatic carbocycles. The van der Waals surface area contributed by atoms with Crippen molar-refractivity contribution in [1.82, 2.24) is 5.32 Å². The molecule has 0 saturated heterocycles. The number of carbonyl (C=O) groups excluding carboxylic acids is 1. The van der Waals surface area contributed by atoms with Crippen LogP contribution in [0, 0.1) is 11.3 Å². The summed E-state index contributed by atoms with van der Waals surface area (Å²) in [7, 11) is 0. The SMILES string of the molecule is C[C@@H](CCCc1ccccc1)NC(=O)Nc1ccccc1C#N. The van der Waals surface area contributed by atoms with Gasteiger partial charge in [-0.15, -0.1) is 0 Å². The summed E-state index contributed by atoms with van der Waals surface area (Å²) in [5.41, 5.74) is 2.30. The third-order valence-electron chi connectivity index (χ3n) is 3.62. The zero-order chi connectivity index (χ0) is 16.5. The second-order valence-corrected chi connectivity index (χ2v) is 5.53. The van der Waals surface area contributed by atoms with Crippen LogP contribution in [-0.4, -0.2) is 12.1 Å². The van der Waals surface area contributed by atoms with Crippen molar-refractivity contribution in [3.8, 4) is 6.07 Å². The van der Waals surface area contributed by atoms with E-state index in [1.807, 2.05) is 25.1 Å². The lowest BCUT2D eigenvalue weighted by Gasteiger charge is -2.15. The van der Waals surface area contributed by atoms with E-state index >= 15 is 0 Å². The summed E-state index contributed by atoms with van der Waals surface area (Å²) in [6.07, 6.45) is 2.92. The highest BCUT2D eigenvalue weighted by Gasteiger charge is 2.09. The van der Waals surface area contributed by atoms with Crippen molar-refractivity contribution in [1.29, 1.82) is 5.26 Å². The number of nitrogens with one attached hydrogen (secondary N) is 2. The molecule has 23 heavy (non-hydrogen) atoms. The third-order valence-corrected chi connectivity index (χ3v) is 3.62. The van der Waals surface area contributed by atoms with Crippen LogP contribution in [0.3, 0.4) is 0 Å². The first-order valence-electron chi connectivity index (χ1n) is 7.79. The molecular weight excluding hydrogens is 286 g/mol. The Morgan fingerprint density at radius 3 is 2.57 bits per heavy atom. The molecule has 0 aromatic heterocycles. The number of para-hydroxylation sites is 1. The molecule has 4 nitrogen and oxygen atoms in total. The number of nitrogens with zero attached hydrogens (tertiary/aromatic N) is 1. The second kappa shape index (κ2) is 8.60. The molecular formula is C19H21N3O. The highest BCUT2D eigenvalue weighted by molar-refractivity contribution is 5.90. The molecule has 0 heterocycles. The quantitative estimate of drug-likeness (QED) is 0.844. The molecule has 0 fully saturated rings. The molecule has 1 atom stereocenters. The van der Waals surface area contributed by atoms with Gasteiger partial charge in [-0.1, -0.05) is 42.5 Å². The standard InChI is InChI=1S/C19H21N3O/c1-15(8-7-11-16-9-3-2-4-10-16)21-19(23)22-18-13-6-5-12-17(18)14-20/h2-6,9-10,12-13,15H,7-8,11H2,1H3,(H2,21,22,23)/t15-/m0/s1. The molecule has 0 saturated carbocycles. The van der Waals surface area contributed by atoms with E-state index in [9.17, 15) is 4.79 Å². The van der Waals surface area contributed by atoms with Crippen molar-refractivity contribution in [2.24, 2.45) is 0 Å². The Balaban J connectivity index is 1.75. The number of anilines is 1. The Bertz CT molecular complexity index is 677. The van der Waals surface area contributed by atoms with Crippen LogP contribution in [-0.2, 0) is 6.42 Å². The van der Waals surface area contributed by atoms with Gasteiger partial charge in [-0.2, -0.15) is 5.26 Å². The van der Waals surface area contributed by atoms with Gasteiger partial charge in [-0.25, -0.2) is 4.79 Å². The number of aryl methyl sites for hydroxylation is 1. The summed E-state index contributed by atoms with van der Waals surface area (Å²) >= 11 is 0. The minimum atomic E-state index is -0.278. The first-order chi connectivity index (χ1) is 11.2. The number of hydrogen-bond acceptors (Lipinski definition) is 2. The number of hydrogen-bond donors (Lipinski definition) is 2. The van der Waals surface area contributed by atoms with Crippen molar-refractivity contribution in [2.45, 2.75) is 32.2 Å². The first-order valence-corrected chi connectivity index (χ1v) is 7.79. The monoisotopic (exact) mass is 307 g/mol. The van der Waals surface area contributed by atoms with E-state index in [0.29, 0.717) is 11.3 Å². The molecule has 4 heteroatoms. The van der Waals surface area contributed by atoms with E-state index in [1.165, 1.54) is 5.56 Å². The molecule has 0 bridgehead atoms. The van der Waals surface area contributed by atoms with Crippen LogP contribution in [0.5, 0.6) is 0 Å². The van der Waals surface area contributed by atoms with Crippen LogP contribution in [0.25, 0.3) is 0 Å². The normalized spacial score (nSPS) is 11.3. The third kappa shape index (κ3) is 5.48. The molecule has 2 N–H and O–H groups in total. The maximum absolute atomic E-state index is 12.0. The van der Waals surface area contributed by atoms with Gasteiger partial charge < -0.3 is 10.6 Å². The molecule has 0 aliphatic heterocycles. The number of rotatable bonds is 6. The maximum Gasteiger partial charge on any atom is 0.319 e. The molecule has 0 spiro atoms. The fraction of sp³-hybridized carbons (Fsp3) is 0.263. The lowest BCUT2D eigenvalue weighted by Crippen LogP contribution is -2.36. The van der Waals surface area contributed by atoms with Gasteiger partial charge in [0.1, 0.15) is 6.07 Å². The van der Waals surface area contributed by atoms with Crippen molar-refractivity contribution in [3.05, 3.63) is 65.7 Å². The predicted octanol–water partition coefficient (Wildman–Crippen LogP) is 4.09. The zero-order valence-corrected chi connectivity index (χ0v) is 13.3. The highest BCUT2D eigenvalue weighted by atomic mass is 16.2. The van der Waals surface area contributed by atoms with Gasteiger partial charge in [0.2, 0.25) is 0 Å². The minimum Gasteiger partial charge on any atom is -0.335 e. The van der Waals surface area contributed by atoms with Crippen LogP contribution >= 0.6 is 0 Å². The molecule has 2 aromatic carbocycles. The van der Waals surface area contributed by atoms with E-state index in [0.717, 1.165) is 19.3 Å². The molecule has 0 aliphatic rings. The summed E-state index contributed by atoms with van der Waals surface area (Å²) in [5, 5.41) is 14.7. The molecule has 0 unspecified atom stereocenters. The van der Waals surface area contributed by atoms with Crippen molar-refractivity contribution >= 4 is 11.7 Å². The Kier molecular flexibility index (Phi) is 6.19. The molecule has 2 amide bonds. The van der Waals surface area contributed by atoms with Crippen LogP contribution in [0.15, 0.2) is 54.6 Å². The minimum absolute atomic E-state index is 0.0768. The van der Waals surface area contributed by atoms with Gasteiger partial charge >= 0.3 is 6.03 Å². The van der Waals surface area contributed by atoms with Crippen molar-refractivity contribution in [3.63, 3.8) is 0 Å². The van der Waals surface area contributed by atoms with Crippen LogP contribution in [0.2, 0.25) is 0 Å². The average molecular weight is 307 g/mol. The molecule has 118 valence electrons. The van der Waals surface area contributed by atoms with E-state index in [-0.39, 0.29) is 12.1 Å². The summed E-state index contributed by atoms with van der Waals surface area (Å²) in [6.45, 7) is 1.99. The van der Waals surface area contributed by atoms with Gasteiger partial charge in [0.05, 0.1) is 11.3 Å². The van der Waals surface area contributed by atoms with E-state index < -0.39 is 0 Å². The van der Waals surface area contributed by atoms with Gasteiger partial charge in [-0.3, -0.25) is 0 Å². The largest absolute Gasteiger partial charge is 0.335 e. The first kappa shape index (κ1) is 16.6. The fourth-order valence-corrected chi connectivity index (χ4v) is 2.40. The lowest BCUT2D eigenvalue weighted by molar-refractivity contribution is 0.248. The lowest BCUT2D eigenvalue weighted by atomic mass is 10.1. The van der Waals surface area contributed by atoms with E-state index in [1.54, 1.807) is 24.3 Å². The number of amides is 2. The van der Waals surface area contributed by atoms with E-state index in [4.69, 9.17) is 5.26 Å². The summed E-state index contributed by atoms with van der Waals surface area (Å²) in [4.78, 5) is 12.0. The summed E-state index contributed by atoms with van der Waals surface area (Å²) in [6, 6.07) is 19.1. The topological polar surface area (TPSA) is 64.9 Å². The van der Waals surface area contributed by atoms with Gasteiger partial charge in [0.15, 0.2) is 0 Å².